The lowest BCUT2D eigenvalue weighted by molar-refractivity contribution is -0.385. The molecule has 2 aromatic carbocycles. The van der Waals surface area contributed by atoms with E-state index < -0.39 is 74.4 Å². The van der Waals surface area contributed by atoms with E-state index in [1.165, 1.54) is 25.1 Å². The van der Waals surface area contributed by atoms with Crippen molar-refractivity contribution in [3.8, 4) is 16.9 Å². The number of likely N-dealkylation sites (N-methyl/N-ethyl adjacent to an activating group) is 1. The number of anilines is 1. The largest absolute Gasteiger partial charge is 0.508 e. The SMILES string of the molecule is CN(C)c1ccc(-c2cc([N+](=O)[O-])c(O)c3c2C[C@H]2C[C@H]4[C@H](N(C)C)C(=O)C(C(N)=O)=C(O)[C@@]4(O)C(=O)C2=C3O)cc1. The molecule has 3 aliphatic carbocycles. The number of carbonyl (C=O) groups excluding carboxylic acids is 3. The van der Waals surface area contributed by atoms with Gasteiger partial charge < -0.3 is 31.1 Å². The molecule has 0 bridgehead atoms. The predicted octanol–water partition coefficient (Wildman–Crippen LogP) is 1.61. The molecule has 0 spiro atoms. The summed E-state index contributed by atoms with van der Waals surface area (Å²) in [7, 11) is 6.73. The third-order valence-electron chi connectivity index (χ3n) is 8.59. The van der Waals surface area contributed by atoms with Gasteiger partial charge in [0.1, 0.15) is 17.1 Å². The minimum atomic E-state index is -2.80. The number of benzene rings is 2. The van der Waals surface area contributed by atoms with Crippen LogP contribution in [0.15, 0.2) is 47.2 Å². The lowest BCUT2D eigenvalue weighted by Crippen LogP contribution is -2.65. The van der Waals surface area contributed by atoms with Crippen molar-refractivity contribution in [2.24, 2.45) is 17.6 Å². The van der Waals surface area contributed by atoms with Crippen LogP contribution in [0.5, 0.6) is 5.75 Å². The summed E-state index contributed by atoms with van der Waals surface area (Å²) < 4.78 is 0. The number of hydrogen-bond donors (Lipinski definition) is 5. The number of nitro groups is 1. The first-order valence-electron chi connectivity index (χ1n) is 13.1. The monoisotopic (exact) mass is 578 g/mol. The molecule has 0 aromatic heterocycles. The molecule has 0 heterocycles. The minimum absolute atomic E-state index is 0.00482. The third-order valence-corrected chi connectivity index (χ3v) is 8.59. The summed E-state index contributed by atoms with van der Waals surface area (Å²) in [5.74, 6) is -8.28. The number of fused-ring (bicyclic) bond motifs is 3. The number of carbonyl (C=O) groups is 3. The fourth-order valence-corrected chi connectivity index (χ4v) is 6.63. The quantitative estimate of drug-likeness (QED) is 0.196. The van der Waals surface area contributed by atoms with Crippen LogP contribution in [0.3, 0.4) is 0 Å². The molecule has 13 heteroatoms. The molecule has 3 aliphatic rings. The molecule has 0 unspecified atom stereocenters. The second-order valence-electron chi connectivity index (χ2n) is 11.3. The van der Waals surface area contributed by atoms with Crippen molar-refractivity contribution in [1.82, 2.24) is 4.90 Å². The van der Waals surface area contributed by atoms with Crippen molar-refractivity contribution < 1.29 is 39.7 Å². The number of ketones is 2. The Morgan fingerprint density at radius 3 is 2.24 bits per heavy atom. The molecule has 1 saturated carbocycles. The molecule has 5 rings (SSSR count). The maximum atomic E-state index is 14.0. The maximum absolute atomic E-state index is 14.0. The summed E-state index contributed by atoms with van der Waals surface area (Å²) in [5, 5.41) is 57.1. The van der Waals surface area contributed by atoms with Gasteiger partial charge in [0.05, 0.1) is 16.5 Å². The average Bonchev–Trinajstić information content (AvgIpc) is 2.90. The first-order chi connectivity index (χ1) is 19.6. The van der Waals surface area contributed by atoms with Gasteiger partial charge in [-0.15, -0.1) is 0 Å². The first-order valence-corrected chi connectivity index (χ1v) is 13.1. The molecular formula is C29H30N4O9. The van der Waals surface area contributed by atoms with Crippen molar-refractivity contribution >= 4 is 34.6 Å². The zero-order valence-corrected chi connectivity index (χ0v) is 23.3. The van der Waals surface area contributed by atoms with E-state index in [-0.39, 0.29) is 24.0 Å². The summed E-state index contributed by atoms with van der Waals surface area (Å²) in [4.78, 5) is 53.8. The third kappa shape index (κ3) is 3.88. The minimum Gasteiger partial charge on any atom is -0.508 e. The van der Waals surface area contributed by atoms with E-state index in [4.69, 9.17) is 5.73 Å². The Kier molecular flexibility index (Phi) is 6.62. The summed E-state index contributed by atoms with van der Waals surface area (Å²) in [6.07, 6.45) is -0.0899. The number of nitrogens with zero attached hydrogens (tertiary/aromatic N) is 3. The van der Waals surface area contributed by atoms with Gasteiger partial charge in [0.2, 0.25) is 11.5 Å². The number of aliphatic hydroxyl groups is 3. The fourth-order valence-electron chi connectivity index (χ4n) is 6.63. The summed E-state index contributed by atoms with van der Waals surface area (Å²) >= 11 is 0. The maximum Gasteiger partial charge on any atom is 0.312 e. The Balaban J connectivity index is 1.77. The predicted molar refractivity (Wildman–Crippen MR) is 151 cm³/mol. The van der Waals surface area contributed by atoms with E-state index in [1.54, 1.807) is 24.3 Å². The molecule has 13 nitrogen and oxygen atoms in total. The number of nitrogens with two attached hydrogens (primary N) is 1. The number of nitro benzene ring substituents is 1. The van der Waals surface area contributed by atoms with Crippen molar-refractivity contribution in [2.45, 2.75) is 24.5 Å². The molecule has 1 amide bonds. The second kappa shape index (κ2) is 9.67. The highest BCUT2D eigenvalue weighted by molar-refractivity contribution is 6.24. The van der Waals surface area contributed by atoms with Gasteiger partial charge >= 0.3 is 5.69 Å². The van der Waals surface area contributed by atoms with Crippen molar-refractivity contribution in [2.75, 3.05) is 33.1 Å². The van der Waals surface area contributed by atoms with Gasteiger partial charge in [0, 0.05) is 37.3 Å². The molecule has 0 radical (unpaired) electrons. The molecule has 0 aliphatic heterocycles. The molecule has 42 heavy (non-hydrogen) atoms. The van der Waals surface area contributed by atoms with Gasteiger partial charge in [-0.05, 0) is 61.7 Å². The number of aromatic hydroxyl groups is 1. The number of aliphatic hydroxyl groups excluding tert-OH is 2. The number of rotatable bonds is 5. The van der Waals surface area contributed by atoms with Crippen LogP contribution in [0.25, 0.3) is 16.9 Å². The van der Waals surface area contributed by atoms with E-state index in [2.05, 4.69) is 0 Å². The number of phenolic OH excluding ortho intramolecular Hbond substituents is 1. The Morgan fingerprint density at radius 2 is 1.71 bits per heavy atom. The Morgan fingerprint density at radius 1 is 1.10 bits per heavy atom. The molecule has 1 fully saturated rings. The van der Waals surface area contributed by atoms with Crippen LogP contribution < -0.4 is 10.6 Å². The standard InChI is InChI=1S/C29H30N4O9/c1-31(2)14-7-5-12(6-8-14)15-11-18(33(41)42)23(34)20-16(15)9-13-10-17-22(32(3)4)25(36)21(28(30)39)27(38)29(17,40)26(37)19(13)24(20)35/h5-8,11,13,17,22,34-35,38,40H,9-10H2,1-4H3,(H2,30,39)/t13-,17-,22-,29-/m0/s1. The second-order valence-corrected chi connectivity index (χ2v) is 11.3. The van der Waals surface area contributed by atoms with Gasteiger partial charge in [-0.1, -0.05) is 12.1 Å². The summed E-state index contributed by atoms with van der Waals surface area (Å²) in [6, 6.07) is 7.07. The Bertz CT molecular complexity index is 1640. The molecular weight excluding hydrogens is 548 g/mol. The Labute approximate surface area is 239 Å². The highest BCUT2D eigenvalue weighted by atomic mass is 16.6. The van der Waals surface area contributed by atoms with Gasteiger partial charge in [0.15, 0.2) is 11.4 Å². The lowest BCUT2D eigenvalue weighted by Gasteiger charge is -2.50. The lowest BCUT2D eigenvalue weighted by atomic mass is 9.57. The van der Waals surface area contributed by atoms with E-state index in [1.807, 2.05) is 19.0 Å². The van der Waals surface area contributed by atoms with Gasteiger partial charge in [-0.25, -0.2) is 0 Å². The Hall–Kier alpha value is -4.75. The fraction of sp³-hybridized carbons (Fsp3) is 0.345. The number of hydrogen-bond acceptors (Lipinski definition) is 11. The zero-order valence-electron chi connectivity index (χ0n) is 23.3. The smallest absolute Gasteiger partial charge is 0.312 e. The number of Topliss-reactive ketones (excluding diaryl/α,β-unsaturated/α-hetero) is 2. The van der Waals surface area contributed by atoms with E-state index >= 15 is 0 Å². The number of phenols is 1. The molecule has 2 aromatic rings. The first kappa shape index (κ1) is 28.8. The number of amides is 1. The van der Waals surface area contributed by atoms with Gasteiger partial charge in [-0.2, -0.15) is 0 Å². The van der Waals surface area contributed by atoms with E-state index in [9.17, 15) is 44.9 Å². The van der Waals surface area contributed by atoms with Crippen molar-refractivity contribution in [3.63, 3.8) is 0 Å². The van der Waals surface area contributed by atoms with Crippen molar-refractivity contribution in [1.29, 1.82) is 0 Å². The highest BCUT2D eigenvalue weighted by Gasteiger charge is 2.64. The zero-order chi connectivity index (χ0) is 31.0. The van der Waals surface area contributed by atoms with Gasteiger partial charge in [0.25, 0.3) is 5.91 Å². The van der Waals surface area contributed by atoms with Crippen LogP contribution in [-0.4, -0.2) is 87.6 Å². The summed E-state index contributed by atoms with van der Waals surface area (Å²) in [5.41, 5.74) is 2.30. The van der Waals surface area contributed by atoms with Gasteiger partial charge in [-0.3, -0.25) is 29.4 Å². The van der Waals surface area contributed by atoms with E-state index in [0.29, 0.717) is 16.7 Å². The average molecular weight is 579 g/mol. The number of primary amides is 1. The summed E-state index contributed by atoms with van der Waals surface area (Å²) in [6.45, 7) is 0. The van der Waals surface area contributed by atoms with Crippen LogP contribution in [0, 0.1) is 22.0 Å². The molecule has 220 valence electrons. The molecule has 6 N–H and O–H groups in total. The van der Waals surface area contributed by atoms with Crippen LogP contribution in [0.2, 0.25) is 0 Å². The van der Waals surface area contributed by atoms with E-state index in [0.717, 1.165) is 5.69 Å². The molecule has 0 saturated heterocycles. The van der Waals surface area contributed by atoms with Crippen molar-refractivity contribution in [3.05, 3.63) is 68.5 Å². The topological polar surface area (TPSA) is 208 Å². The normalized spacial score (nSPS) is 25.2. The van der Waals surface area contributed by atoms with Crippen LogP contribution >= 0.6 is 0 Å². The molecule has 4 atom stereocenters. The highest BCUT2D eigenvalue weighted by Crippen LogP contribution is 2.54. The van der Waals surface area contributed by atoms with Crippen LogP contribution in [0.1, 0.15) is 17.5 Å². The van der Waals surface area contributed by atoms with Crippen LogP contribution in [-0.2, 0) is 20.8 Å². The van der Waals surface area contributed by atoms with Crippen LogP contribution in [0.4, 0.5) is 11.4 Å².